The molecule has 25 heavy (non-hydrogen) atoms. The summed E-state index contributed by atoms with van der Waals surface area (Å²) in [5.41, 5.74) is 2.09. The fourth-order valence-corrected chi connectivity index (χ4v) is 3.29. The van der Waals surface area contributed by atoms with Crippen molar-refractivity contribution in [1.29, 1.82) is 5.26 Å². The molecule has 6 nitrogen and oxygen atoms in total. The van der Waals surface area contributed by atoms with E-state index in [1.807, 2.05) is 24.3 Å². The van der Waals surface area contributed by atoms with Gasteiger partial charge in [-0.1, -0.05) is 30.3 Å². The van der Waals surface area contributed by atoms with E-state index in [-0.39, 0.29) is 11.7 Å². The average molecular weight is 336 g/mol. The highest BCUT2D eigenvalue weighted by Gasteiger charge is 2.23. The molecule has 2 aromatic carbocycles. The molecule has 1 heterocycles. The van der Waals surface area contributed by atoms with Crippen LogP contribution in [-0.2, 0) is 0 Å². The van der Waals surface area contributed by atoms with Gasteiger partial charge in [0.05, 0.1) is 22.2 Å². The lowest BCUT2D eigenvalue weighted by molar-refractivity contribution is -0.384. The molecule has 0 radical (unpaired) electrons. The number of nitrogens with one attached hydrogen (secondary N) is 1. The predicted octanol–water partition coefficient (Wildman–Crippen LogP) is 3.72. The molecule has 1 saturated heterocycles. The minimum atomic E-state index is -0.484. The van der Waals surface area contributed by atoms with Gasteiger partial charge in [-0.15, -0.1) is 0 Å². The van der Waals surface area contributed by atoms with E-state index in [0.717, 1.165) is 13.1 Å². The first-order valence-corrected chi connectivity index (χ1v) is 8.40. The molecule has 1 aliphatic heterocycles. The summed E-state index contributed by atoms with van der Waals surface area (Å²) in [5, 5.41) is 23.5. The number of rotatable bonds is 6. The number of nitro groups is 1. The minimum absolute atomic E-state index is 0.0683. The molecule has 6 heteroatoms. The Kier molecular flexibility index (Phi) is 5.26. The van der Waals surface area contributed by atoms with Gasteiger partial charge in [0.2, 0.25) is 0 Å². The highest BCUT2D eigenvalue weighted by molar-refractivity contribution is 5.61. The summed E-state index contributed by atoms with van der Waals surface area (Å²) in [6, 6.07) is 16.9. The van der Waals surface area contributed by atoms with E-state index < -0.39 is 4.92 Å². The number of nitrogens with zero attached hydrogens (tertiary/aromatic N) is 3. The zero-order chi connectivity index (χ0) is 17.6. The van der Waals surface area contributed by atoms with Crippen molar-refractivity contribution in [1.82, 2.24) is 4.90 Å². The Morgan fingerprint density at radius 2 is 1.92 bits per heavy atom. The van der Waals surface area contributed by atoms with Gasteiger partial charge in [-0.3, -0.25) is 15.0 Å². The van der Waals surface area contributed by atoms with Crippen LogP contribution in [0, 0.1) is 21.4 Å². The lowest BCUT2D eigenvalue weighted by atomic mass is 10.0. The zero-order valence-electron chi connectivity index (χ0n) is 13.9. The SMILES string of the molecule is N#Cc1cc([N+](=O)[O-])ccc1NCC(c1ccccc1)N1CCCC1. The largest absolute Gasteiger partial charge is 0.382 e. The Morgan fingerprint density at radius 3 is 2.56 bits per heavy atom. The number of nitro benzene ring substituents is 1. The second kappa shape index (κ2) is 7.77. The summed E-state index contributed by atoms with van der Waals surface area (Å²) >= 11 is 0. The topological polar surface area (TPSA) is 82.2 Å². The normalized spacial score (nSPS) is 15.5. The fourth-order valence-electron chi connectivity index (χ4n) is 3.29. The van der Waals surface area contributed by atoms with Crippen molar-refractivity contribution in [3.05, 3.63) is 69.8 Å². The molecule has 128 valence electrons. The molecule has 0 aliphatic carbocycles. The van der Waals surface area contributed by atoms with Gasteiger partial charge in [-0.2, -0.15) is 5.26 Å². The Labute approximate surface area is 146 Å². The smallest absolute Gasteiger partial charge is 0.270 e. The van der Waals surface area contributed by atoms with Crippen LogP contribution in [0.2, 0.25) is 0 Å². The third-order valence-corrected chi connectivity index (χ3v) is 4.59. The average Bonchev–Trinajstić information content (AvgIpc) is 3.17. The number of nitriles is 1. The van der Waals surface area contributed by atoms with Gasteiger partial charge in [-0.25, -0.2) is 0 Å². The second-order valence-corrected chi connectivity index (χ2v) is 6.15. The van der Waals surface area contributed by atoms with Gasteiger partial charge in [0, 0.05) is 18.7 Å². The van der Waals surface area contributed by atoms with Crippen molar-refractivity contribution >= 4 is 11.4 Å². The Hall–Kier alpha value is -2.91. The van der Waals surface area contributed by atoms with E-state index in [0.29, 0.717) is 17.8 Å². The molecule has 1 aliphatic rings. The summed E-state index contributed by atoms with van der Waals surface area (Å²) in [6.07, 6.45) is 2.40. The maximum atomic E-state index is 10.9. The van der Waals surface area contributed by atoms with Crippen LogP contribution in [0.15, 0.2) is 48.5 Å². The molecule has 1 fully saturated rings. The summed E-state index contributed by atoms with van der Waals surface area (Å²) in [5.74, 6) is 0. The van der Waals surface area contributed by atoms with Crippen LogP contribution in [0.25, 0.3) is 0 Å². The number of likely N-dealkylation sites (tertiary alicyclic amines) is 1. The van der Waals surface area contributed by atoms with Crippen molar-refractivity contribution in [3.8, 4) is 6.07 Å². The molecule has 0 bridgehead atoms. The van der Waals surface area contributed by atoms with E-state index in [1.165, 1.54) is 30.5 Å². The Morgan fingerprint density at radius 1 is 1.20 bits per heavy atom. The molecule has 1 unspecified atom stereocenters. The van der Waals surface area contributed by atoms with Crippen LogP contribution < -0.4 is 5.32 Å². The number of non-ortho nitro benzene ring substituents is 1. The van der Waals surface area contributed by atoms with Crippen molar-refractivity contribution in [2.75, 3.05) is 25.0 Å². The van der Waals surface area contributed by atoms with Crippen molar-refractivity contribution < 1.29 is 4.92 Å². The van der Waals surface area contributed by atoms with Crippen molar-refractivity contribution in [3.63, 3.8) is 0 Å². The van der Waals surface area contributed by atoms with E-state index in [2.05, 4.69) is 22.3 Å². The number of benzene rings is 2. The first-order valence-electron chi connectivity index (χ1n) is 8.40. The molecule has 0 aromatic heterocycles. The fraction of sp³-hybridized carbons (Fsp3) is 0.316. The molecule has 0 saturated carbocycles. The Balaban J connectivity index is 1.79. The van der Waals surface area contributed by atoms with E-state index in [1.54, 1.807) is 6.07 Å². The summed E-state index contributed by atoms with van der Waals surface area (Å²) in [4.78, 5) is 12.8. The van der Waals surface area contributed by atoms with E-state index >= 15 is 0 Å². The third kappa shape index (κ3) is 3.95. The third-order valence-electron chi connectivity index (χ3n) is 4.59. The van der Waals surface area contributed by atoms with E-state index in [4.69, 9.17) is 0 Å². The molecule has 3 rings (SSSR count). The van der Waals surface area contributed by atoms with Gasteiger partial charge in [0.25, 0.3) is 5.69 Å². The lowest BCUT2D eigenvalue weighted by Gasteiger charge is -2.28. The van der Waals surface area contributed by atoms with Crippen LogP contribution >= 0.6 is 0 Å². The maximum Gasteiger partial charge on any atom is 0.270 e. The molecule has 1 atom stereocenters. The van der Waals surface area contributed by atoms with Crippen molar-refractivity contribution in [2.45, 2.75) is 18.9 Å². The van der Waals surface area contributed by atoms with Crippen molar-refractivity contribution in [2.24, 2.45) is 0 Å². The maximum absolute atomic E-state index is 10.9. The monoisotopic (exact) mass is 336 g/mol. The number of hydrogen-bond donors (Lipinski definition) is 1. The molecule has 1 N–H and O–H groups in total. The molecule has 0 spiro atoms. The lowest BCUT2D eigenvalue weighted by Crippen LogP contribution is -2.31. The van der Waals surface area contributed by atoms with E-state index in [9.17, 15) is 15.4 Å². The van der Waals surface area contributed by atoms with Gasteiger partial charge in [0.1, 0.15) is 6.07 Å². The first kappa shape index (κ1) is 16.9. The highest BCUT2D eigenvalue weighted by Crippen LogP contribution is 2.27. The summed E-state index contributed by atoms with van der Waals surface area (Å²) < 4.78 is 0. The quantitative estimate of drug-likeness (QED) is 0.642. The van der Waals surface area contributed by atoms with Crippen LogP contribution in [-0.4, -0.2) is 29.5 Å². The van der Waals surface area contributed by atoms with Crippen LogP contribution in [0.1, 0.15) is 30.0 Å². The van der Waals surface area contributed by atoms with Crippen LogP contribution in [0.5, 0.6) is 0 Å². The minimum Gasteiger partial charge on any atom is -0.382 e. The highest BCUT2D eigenvalue weighted by atomic mass is 16.6. The standard InChI is InChI=1S/C19H20N4O2/c20-13-16-12-17(23(24)25)8-9-18(16)21-14-19(22-10-4-5-11-22)15-6-2-1-3-7-15/h1-3,6-9,12,19,21H,4-5,10-11,14H2. The first-order chi connectivity index (χ1) is 12.2. The molecular weight excluding hydrogens is 316 g/mol. The van der Waals surface area contributed by atoms with Gasteiger partial charge in [0.15, 0.2) is 0 Å². The number of hydrogen-bond acceptors (Lipinski definition) is 5. The van der Waals surface area contributed by atoms with Gasteiger partial charge in [-0.05, 0) is 37.6 Å². The second-order valence-electron chi connectivity index (χ2n) is 6.15. The van der Waals surface area contributed by atoms with Gasteiger partial charge < -0.3 is 5.32 Å². The molecular formula is C19H20N4O2. The summed E-state index contributed by atoms with van der Waals surface area (Å²) in [7, 11) is 0. The number of anilines is 1. The zero-order valence-corrected chi connectivity index (χ0v) is 13.9. The molecule has 0 amide bonds. The Bertz CT molecular complexity index is 780. The summed E-state index contributed by atoms with van der Waals surface area (Å²) in [6.45, 7) is 2.77. The van der Waals surface area contributed by atoms with Crippen LogP contribution in [0.3, 0.4) is 0 Å². The van der Waals surface area contributed by atoms with Crippen LogP contribution in [0.4, 0.5) is 11.4 Å². The predicted molar refractivity (Wildman–Crippen MR) is 96.3 cm³/mol. The molecule has 2 aromatic rings. The van der Waals surface area contributed by atoms with Gasteiger partial charge >= 0.3 is 0 Å².